The van der Waals surface area contributed by atoms with Crippen LogP contribution in [0.5, 0.6) is 11.5 Å². The van der Waals surface area contributed by atoms with Gasteiger partial charge in [-0.1, -0.05) is 49.7 Å². The summed E-state index contributed by atoms with van der Waals surface area (Å²) in [5.74, 6) is 0.698. The van der Waals surface area contributed by atoms with Crippen LogP contribution in [0.2, 0.25) is 0 Å². The van der Waals surface area contributed by atoms with Gasteiger partial charge in [0, 0.05) is 18.3 Å². The van der Waals surface area contributed by atoms with Gasteiger partial charge in [0.15, 0.2) is 11.5 Å². The monoisotopic (exact) mass is 514 g/mol. The molecule has 1 amide bonds. The van der Waals surface area contributed by atoms with Gasteiger partial charge in [-0.05, 0) is 78.6 Å². The number of rotatable bonds is 8. The lowest BCUT2D eigenvalue weighted by atomic mass is 9.93. The van der Waals surface area contributed by atoms with Gasteiger partial charge in [0.2, 0.25) is 12.7 Å². The Morgan fingerprint density at radius 3 is 2.26 bits per heavy atom. The van der Waals surface area contributed by atoms with Gasteiger partial charge in [0.1, 0.15) is 0 Å². The van der Waals surface area contributed by atoms with Crippen molar-refractivity contribution in [2.75, 3.05) is 25.2 Å². The lowest BCUT2D eigenvalue weighted by Crippen LogP contribution is -2.33. The van der Waals surface area contributed by atoms with Crippen molar-refractivity contribution in [1.82, 2.24) is 4.90 Å². The van der Waals surface area contributed by atoms with E-state index in [1.54, 1.807) is 12.1 Å². The van der Waals surface area contributed by atoms with Crippen LogP contribution >= 0.6 is 0 Å². The van der Waals surface area contributed by atoms with Crippen molar-refractivity contribution < 1.29 is 24.2 Å². The molecule has 0 unspecified atom stereocenters. The number of aryl methyl sites for hydroxylation is 3. The van der Waals surface area contributed by atoms with E-state index in [1.165, 1.54) is 5.56 Å². The molecule has 198 valence electrons. The molecular formula is C31H34N2O5. The lowest BCUT2D eigenvalue weighted by Gasteiger charge is -2.25. The predicted molar refractivity (Wildman–Crippen MR) is 146 cm³/mol. The second kappa shape index (κ2) is 10.9. The average Bonchev–Trinajstić information content (AvgIpc) is 3.56. The first-order valence-electron chi connectivity index (χ1n) is 13.2. The summed E-state index contributed by atoms with van der Waals surface area (Å²) in [5.41, 5.74) is 6.83. The van der Waals surface area contributed by atoms with E-state index in [9.17, 15) is 14.7 Å². The van der Waals surface area contributed by atoms with Crippen molar-refractivity contribution in [3.63, 3.8) is 0 Å². The number of nitrogens with one attached hydrogen (secondary N) is 1. The second-order valence-electron chi connectivity index (χ2n) is 10.1. The van der Waals surface area contributed by atoms with E-state index >= 15 is 0 Å². The summed E-state index contributed by atoms with van der Waals surface area (Å²) < 4.78 is 11.1. The van der Waals surface area contributed by atoms with Crippen LogP contribution < -0.4 is 14.8 Å². The van der Waals surface area contributed by atoms with Crippen molar-refractivity contribution in [3.8, 4) is 11.5 Å². The minimum Gasteiger partial charge on any atom is -0.478 e. The third-order valence-electron chi connectivity index (χ3n) is 7.63. The summed E-state index contributed by atoms with van der Waals surface area (Å²) in [5, 5.41) is 12.6. The lowest BCUT2D eigenvalue weighted by molar-refractivity contribution is -0.117. The second-order valence-corrected chi connectivity index (χ2v) is 10.1. The molecule has 0 saturated carbocycles. The highest BCUT2D eigenvalue weighted by Crippen LogP contribution is 2.43. The number of carboxylic acids is 1. The molecule has 2 aliphatic heterocycles. The summed E-state index contributed by atoms with van der Waals surface area (Å²) in [4.78, 5) is 27.0. The fraction of sp³-hybridized carbons (Fsp3) is 0.355. The number of amides is 1. The minimum atomic E-state index is -0.950. The van der Waals surface area contributed by atoms with E-state index in [2.05, 4.69) is 49.2 Å². The fourth-order valence-corrected chi connectivity index (χ4v) is 5.70. The summed E-state index contributed by atoms with van der Waals surface area (Å²) in [6.07, 6.45) is 2.50. The first kappa shape index (κ1) is 25.8. The van der Waals surface area contributed by atoms with Crippen LogP contribution in [-0.4, -0.2) is 41.8 Å². The molecular weight excluding hydrogens is 480 g/mol. The first-order chi connectivity index (χ1) is 18.4. The van der Waals surface area contributed by atoms with E-state index in [1.807, 2.05) is 24.3 Å². The summed E-state index contributed by atoms with van der Waals surface area (Å²) in [6, 6.07) is 17.3. The number of carbonyl (C=O) groups is 2. The molecule has 0 spiro atoms. The molecule has 3 aromatic rings. The minimum absolute atomic E-state index is 0.0201. The summed E-state index contributed by atoms with van der Waals surface area (Å²) in [7, 11) is 0. The number of hydrogen-bond acceptors (Lipinski definition) is 5. The Bertz CT molecular complexity index is 1330. The molecule has 7 heteroatoms. The largest absolute Gasteiger partial charge is 0.478 e. The molecule has 3 aromatic carbocycles. The number of likely N-dealkylation sites (tertiary alicyclic amines) is 1. The van der Waals surface area contributed by atoms with Gasteiger partial charge < -0.3 is 19.9 Å². The first-order valence-corrected chi connectivity index (χ1v) is 13.2. The third kappa shape index (κ3) is 5.24. The molecule has 1 fully saturated rings. The van der Waals surface area contributed by atoms with Crippen LogP contribution in [0.25, 0.3) is 0 Å². The molecule has 2 heterocycles. The zero-order chi connectivity index (χ0) is 26.8. The van der Waals surface area contributed by atoms with Crippen LogP contribution in [-0.2, 0) is 17.6 Å². The Hall–Kier alpha value is -3.84. The Morgan fingerprint density at radius 2 is 1.61 bits per heavy atom. The Morgan fingerprint density at radius 1 is 0.947 bits per heavy atom. The van der Waals surface area contributed by atoms with Crippen molar-refractivity contribution >= 4 is 17.6 Å². The number of nitrogens with zero attached hydrogens (tertiary/aromatic N) is 1. The Balaban J connectivity index is 1.40. The molecule has 7 nitrogen and oxygen atoms in total. The van der Waals surface area contributed by atoms with Crippen molar-refractivity contribution in [1.29, 1.82) is 0 Å². The van der Waals surface area contributed by atoms with Crippen LogP contribution in [0.4, 0.5) is 5.69 Å². The number of aromatic carboxylic acids is 1. The number of fused-ring (bicyclic) bond motifs is 1. The zero-order valence-electron chi connectivity index (χ0n) is 22.1. The number of anilines is 1. The molecule has 2 atom stereocenters. The van der Waals surface area contributed by atoms with Crippen LogP contribution in [0.15, 0.2) is 54.6 Å². The zero-order valence-corrected chi connectivity index (χ0v) is 22.1. The van der Waals surface area contributed by atoms with E-state index in [4.69, 9.17) is 9.47 Å². The van der Waals surface area contributed by atoms with Gasteiger partial charge in [-0.15, -0.1) is 0 Å². The summed E-state index contributed by atoms with van der Waals surface area (Å²) in [6.45, 7) is 7.48. The Kier molecular flexibility index (Phi) is 7.38. The molecule has 0 aliphatic carbocycles. The van der Waals surface area contributed by atoms with Crippen molar-refractivity contribution in [2.24, 2.45) is 0 Å². The van der Waals surface area contributed by atoms with Gasteiger partial charge in [-0.25, -0.2) is 4.79 Å². The number of ether oxygens (including phenoxy) is 2. The van der Waals surface area contributed by atoms with Crippen molar-refractivity contribution in [2.45, 2.75) is 52.0 Å². The molecule has 0 aromatic heterocycles. The molecule has 0 bridgehead atoms. The maximum Gasteiger partial charge on any atom is 0.335 e. The standard InChI is InChI=1S/C31H34N2O5/c1-4-20-12-19(3)13-21(5-2)30(20)32-29(34)17-33-16-25(24-10-11-27-28(15-24)38-18-37-27)14-26(33)22-6-8-23(9-7-22)31(35)36/h6-13,15,25-26H,4-5,14,16-18H2,1-3H3,(H,32,34)(H,35,36)/t25-,26-/m1/s1. The normalized spacial score (nSPS) is 18.5. The SMILES string of the molecule is CCc1cc(C)cc(CC)c1NC(=O)CN1C[C@H](c2ccc3c(c2)OCO3)C[C@@H]1c1ccc(C(=O)O)cc1. The summed E-state index contributed by atoms with van der Waals surface area (Å²) >= 11 is 0. The molecule has 38 heavy (non-hydrogen) atoms. The molecule has 5 rings (SSSR count). The third-order valence-corrected chi connectivity index (χ3v) is 7.63. The number of carbonyl (C=O) groups excluding carboxylic acids is 1. The fourth-order valence-electron chi connectivity index (χ4n) is 5.70. The number of hydrogen-bond donors (Lipinski definition) is 2. The van der Waals surface area contributed by atoms with E-state index in [0.29, 0.717) is 6.54 Å². The van der Waals surface area contributed by atoms with Crippen LogP contribution in [0.1, 0.15) is 70.4 Å². The molecule has 0 radical (unpaired) electrons. The van der Waals surface area contributed by atoms with Crippen LogP contribution in [0, 0.1) is 6.92 Å². The molecule has 2 aliphatic rings. The molecule has 2 N–H and O–H groups in total. The quantitative estimate of drug-likeness (QED) is 0.400. The van der Waals surface area contributed by atoms with Crippen molar-refractivity contribution in [3.05, 3.63) is 88.0 Å². The topological polar surface area (TPSA) is 88.1 Å². The van der Waals surface area contributed by atoms with Gasteiger partial charge in [-0.2, -0.15) is 0 Å². The van der Waals surface area contributed by atoms with Gasteiger partial charge in [0.25, 0.3) is 0 Å². The maximum absolute atomic E-state index is 13.4. The van der Waals surface area contributed by atoms with Gasteiger partial charge in [-0.3, -0.25) is 9.69 Å². The highest BCUT2D eigenvalue weighted by molar-refractivity contribution is 5.94. The number of carboxylic acid groups (broad SMARTS) is 1. The van der Waals surface area contributed by atoms with E-state index in [-0.39, 0.29) is 36.8 Å². The highest BCUT2D eigenvalue weighted by Gasteiger charge is 2.36. The average molecular weight is 515 g/mol. The Labute approximate surface area is 223 Å². The van der Waals surface area contributed by atoms with Gasteiger partial charge in [0.05, 0.1) is 12.1 Å². The molecule has 1 saturated heterocycles. The maximum atomic E-state index is 13.4. The van der Waals surface area contributed by atoms with E-state index in [0.717, 1.165) is 58.7 Å². The van der Waals surface area contributed by atoms with E-state index < -0.39 is 5.97 Å². The smallest absolute Gasteiger partial charge is 0.335 e. The number of benzene rings is 3. The van der Waals surface area contributed by atoms with Gasteiger partial charge >= 0.3 is 5.97 Å². The van der Waals surface area contributed by atoms with Crippen LogP contribution in [0.3, 0.4) is 0 Å². The predicted octanol–water partition coefficient (Wildman–Crippen LogP) is 5.72. The highest BCUT2D eigenvalue weighted by atomic mass is 16.7.